The lowest BCUT2D eigenvalue weighted by atomic mass is 10.1. The second-order valence-corrected chi connectivity index (χ2v) is 8.80. The highest BCUT2D eigenvalue weighted by Gasteiger charge is 2.34. The topological polar surface area (TPSA) is 101 Å². The lowest BCUT2D eigenvalue weighted by molar-refractivity contribution is -0.140. The molecule has 1 atom stereocenters. The molecule has 0 aromatic heterocycles. The van der Waals surface area contributed by atoms with Crippen LogP contribution < -0.4 is 10.6 Å². The molecule has 0 bridgehead atoms. The van der Waals surface area contributed by atoms with Gasteiger partial charge >= 0.3 is 6.18 Å². The summed E-state index contributed by atoms with van der Waals surface area (Å²) in [6.45, 7) is 1.71. The Morgan fingerprint density at radius 3 is 2.58 bits per heavy atom. The Hall–Kier alpha value is -2.81. The van der Waals surface area contributed by atoms with Crippen molar-refractivity contribution in [3.8, 4) is 6.19 Å². The third-order valence-corrected chi connectivity index (χ3v) is 6.03. The van der Waals surface area contributed by atoms with Crippen molar-refractivity contribution in [2.24, 2.45) is 4.99 Å². The molecule has 0 unspecified atom stereocenters. The quantitative estimate of drug-likeness (QED) is 0.270. The third kappa shape index (κ3) is 6.60. The van der Waals surface area contributed by atoms with E-state index in [9.17, 15) is 22.8 Å². The Bertz CT molecular complexity index is 956. The van der Waals surface area contributed by atoms with Gasteiger partial charge in [0.2, 0.25) is 17.8 Å². The summed E-state index contributed by atoms with van der Waals surface area (Å²) in [5.41, 5.74) is -1.26. The van der Waals surface area contributed by atoms with Crippen LogP contribution in [0.3, 0.4) is 0 Å². The number of carbonyl (C=O) groups is 2. The third-order valence-electron chi connectivity index (χ3n) is 5.54. The Morgan fingerprint density at radius 2 is 1.91 bits per heavy atom. The molecule has 2 fully saturated rings. The highest BCUT2D eigenvalue weighted by Crippen LogP contribution is 2.36. The number of carbonyl (C=O) groups excluding carboxylic acids is 2. The van der Waals surface area contributed by atoms with E-state index < -0.39 is 17.8 Å². The molecule has 2 aliphatic heterocycles. The standard InChI is InChI=1S/C21H24BrF3N6O2/c22-14-6-7-16(15(11-14)21(23,24)25)28-20(27-13-26)29-17-5-1-2-10-31(19(17)33)12-18(32)30-8-3-4-9-30/h6-7,11,17H,1-5,8-10,12H2,(H2,27,28,29)/t17-/m0/s1. The van der Waals surface area contributed by atoms with Gasteiger partial charge in [-0.15, -0.1) is 0 Å². The normalized spacial score (nSPS) is 19.8. The minimum absolute atomic E-state index is 0.0514. The zero-order valence-electron chi connectivity index (χ0n) is 17.8. The van der Waals surface area contributed by atoms with Crippen LogP contribution in [0.2, 0.25) is 0 Å². The van der Waals surface area contributed by atoms with Gasteiger partial charge in [0.25, 0.3) is 0 Å². The second-order valence-electron chi connectivity index (χ2n) is 7.89. The largest absolute Gasteiger partial charge is 0.418 e. The molecule has 0 saturated carbocycles. The number of nitriles is 1. The average molecular weight is 529 g/mol. The van der Waals surface area contributed by atoms with Crippen molar-refractivity contribution in [1.82, 2.24) is 15.1 Å². The first-order valence-electron chi connectivity index (χ1n) is 10.6. The first kappa shape index (κ1) is 24.8. The zero-order chi connectivity index (χ0) is 24.0. The predicted molar refractivity (Wildman–Crippen MR) is 119 cm³/mol. The van der Waals surface area contributed by atoms with E-state index in [1.807, 2.05) is 0 Å². The van der Waals surface area contributed by atoms with Crippen molar-refractivity contribution in [1.29, 1.82) is 5.26 Å². The van der Waals surface area contributed by atoms with Crippen LogP contribution in [-0.4, -0.2) is 59.8 Å². The molecule has 2 aliphatic rings. The number of nitrogens with one attached hydrogen (secondary N) is 2. The Labute approximate surface area is 197 Å². The van der Waals surface area contributed by atoms with E-state index in [0.717, 1.165) is 18.9 Å². The molecule has 0 radical (unpaired) electrons. The van der Waals surface area contributed by atoms with E-state index in [1.54, 1.807) is 11.1 Å². The summed E-state index contributed by atoms with van der Waals surface area (Å²) >= 11 is 3.03. The highest BCUT2D eigenvalue weighted by molar-refractivity contribution is 9.10. The van der Waals surface area contributed by atoms with E-state index >= 15 is 0 Å². The highest BCUT2D eigenvalue weighted by atomic mass is 79.9. The van der Waals surface area contributed by atoms with E-state index in [0.29, 0.717) is 38.9 Å². The monoisotopic (exact) mass is 528 g/mol. The number of likely N-dealkylation sites (tertiary alicyclic amines) is 2. The van der Waals surface area contributed by atoms with Crippen molar-refractivity contribution < 1.29 is 22.8 Å². The molecule has 0 aliphatic carbocycles. The number of hydrogen-bond acceptors (Lipinski definition) is 4. The predicted octanol–water partition coefficient (Wildman–Crippen LogP) is 3.31. The van der Waals surface area contributed by atoms with Gasteiger partial charge < -0.3 is 15.1 Å². The second kappa shape index (κ2) is 10.9. The number of nitrogens with zero attached hydrogens (tertiary/aromatic N) is 4. The molecule has 2 N–H and O–H groups in total. The van der Waals surface area contributed by atoms with Gasteiger partial charge in [0, 0.05) is 24.1 Å². The number of halogens is 4. The molecule has 178 valence electrons. The Kier molecular flexibility index (Phi) is 8.18. The van der Waals surface area contributed by atoms with Gasteiger partial charge in [-0.25, -0.2) is 4.99 Å². The van der Waals surface area contributed by atoms with Gasteiger partial charge in [-0.3, -0.25) is 14.9 Å². The van der Waals surface area contributed by atoms with E-state index in [-0.39, 0.29) is 34.5 Å². The van der Waals surface area contributed by atoms with Crippen molar-refractivity contribution >= 4 is 39.4 Å². The Morgan fingerprint density at radius 1 is 1.21 bits per heavy atom. The maximum atomic E-state index is 13.5. The molecule has 33 heavy (non-hydrogen) atoms. The van der Waals surface area contributed by atoms with Gasteiger partial charge in [0.05, 0.1) is 17.8 Å². The molecular formula is C21H24BrF3N6O2. The molecule has 1 aromatic rings. The fourth-order valence-electron chi connectivity index (χ4n) is 3.88. The lowest BCUT2D eigenvalue weighted by Gasteiger charge is -2.25. The number of guanidine groups is 1. The van der Waals surface area contributed by atoms with Gasteiger partial charge in [-0.2, -0.15) is 18.4 Å². The fourth-order valence-corrected chi connectivity index (χ4v) is 4.24. The molecule has 0 spiro atoms. The molecule has 2 heterocycles. The fraction of sp³-hybridized carbons (Fsp3) is 0.524. The molecule has 3 rings (SSSR count). The smallest absolute Gasteiger partial charge is 0.341 e. The summed E-state index contributed by atoms with van der Waals surface area (Å²) in [6, 6.07) is 2.61. The van der Waals surface area contributed by atoms with Crippen LogP contribution in [0, 0.1) is 11.5 Å². The lowest BCUT2D eigenvalue weighted by Crippen LogP contribution is -2.45. The minimum Gasteiger partial charge on any atom is -0.341 e. The SMILES string of the molecule is N#CNC(=N[C@H]1CCCCN(CC(=O)N2CCCC2)C1=O)Nc1ccc(Br)cc1C(F)(F)F. The summed E-state index contributed by atoms with van der Waals surface area (Å²) in [7, 11) is 0. The summed E-state index contributed by atoms with van der Waals surface area (Å²) < 4.78 is 40.6. The van der Waals surface area contributed by atoms with Gasteiger partial charge in [-0.1, -0.05) is 15.9 Å². The molecule has 1 aromatic carbocycles. The minimum atomic E-state index is -4.64. The first-order valence-corrected chi connectivity index (χ1v) is 11.4. The summed E-state index contributed by atoms with van der Waals surface area (Å²) in [5.74, 6) is -0.772. The van der Waals surface area contributed by atoms with Crippen molar-refractivity contribution in [3.05, 3.63) is 28.2 Å². The van der Waals surface area contributed by atoms with E-state index in [2.05, 4.69) is 31.6 Å². The maximum Gasteiger partial charge on any atom is 0.418 e. The van der Waals surface area contributed by atoms with Gasteiger partial charge in [0.15, 0.2) is 6.19 Å². The molecule has 8 nitrogen and oxygen atoms in total. The van der Waals surface area contributed by atoms with Crippen LogP contribution in [-0.2, 0) is 15.8 Å². The van der Waals surface area contributed by atoms with Gasteiger partial charge in [-0.05, 0) is 50.3 Å². The van der Waals surface area contributed by atoms with Crippen molar-refractivity contribution in [2.45, 2.75) is 44.3 Å². The zero-order valence-corrected chi connectivity index (χ0v) is 19.4. The maximum absolute atomic E-state index is 13.5. The van der Waals surface area contributed by atoms with E-state index in [1.165, 1.54) is 17.0 Å². The summed E-state index contributed by atoms with van der Waals surface area (Å²) in [6.07, 6.45) is 0.575. The molecular weight excluding hydrogens is 505 g/mol. The first-order chi connectivity index (χ1) is 15.7. The Balaban J connectivity index is 1.81. The van der Waals surface area contributed by atoms with E-state index in [4.69, 9.17) is 5.26 Å². The summed E-state index contributed by atoms with van der Waals surface area (Å²) in [4.78, 5) is 33.0. The average Bonchev–Trinajstić information content (AvgIpc) is 3.24. The number of alkyl halides is 3. The number of anilines is 1. The summed E-state index contributed by atoms with van der Waals surface area (Å²) in [5, 5.41) is 13.8. The number of rotatable bonds is 4. The van der Waals surface area contributed by atoms with Crippen LogP contribution in [0.5, 0.6) is 0 Å². The molecule has 2 saturated heterocycles. The number of aliphatic imine (C=N–C) groups is 1. The number of hydrogen-bond donors (Lipinski definition) is 2. The van der Waals surface area contributed by atoms with Crippen molar-refractivity contribution in [2.75, 3.05) is 31.5 Å². The van der Waals surface area contributed by atoms with Crippen LogP contribution >= 0.6 is 15.9 Å². The van der Waals surface area contributed by atoms with Crippen LogP contribution in [0.25, 0.3) is 0 Å². The van der Waals surface area contributed by atoms with Crippen LogP contribution in [0.15, 0.2) is 27.7 Å². The molecule has 12 heteroatoms. The van der Waals surface area contributed by atoms with Crippen molar-refractivity contribution in [3.63, 3.8) is 0 Å². The number of amides is 2. The number of benzene rings is 1. The van der Waals surface area contributed by atoms with Crippen LogP contribution in [0.1, 0.15) is 37.7 Å². The van der Waals surface area contributed by atoms with Crippen LogP contribution in [0.4, 0.5) is 18.9 Å². The van der Waals surface area contributed by atoms with Gasteiger partial charge in [0.1, 0.15) is 6.04 Å². The molecule has 2 amide bonds.